The van der Waals surface area contributed by atoms with Crippen LogP contribution in [0.4, 0.5) is 9.52 Å². The number of nitrogens with zero attached hydrogens (tertiary/aromatic N) is 4. The molecule has 0 aliphatic rings. The van der Waals surface area contributed by atoms with Crippen LogP contribution in [0.15, 0.2) is 18.2 Å². The Kier molecular flexibility index (Phi) is 3.84. The quantitative estimate of drug-likeness (QED) is 0.802. The van der Waals surface area contributed by atoms with E-state index in [1.54, 1.807) is 19.1 Å². The smallest absolute Gasteiger partial charge is 0.236 e. The number of rotatable bonds is 4. The first-order chi connectivity index (χ1) is 10.6. The molecule has 0 atom stereocenters. The second-order valence-corrected chi connectivity index (χ2v) is 5.84. The summed E-state index contributed by atoms with van der Waals surface area (Å²) in [6, 6.07) is 4.85. The van der Waals surface area contributed by atoms with E-state index >= 15 is 0 Å². The first-order valence-corrected chi connectivity index (χ1v) is 7.68. The Morgan fingerprint density at radius 1 is 1.41 bits per heavy atom. The maximum atomic E-state index is 13.7. The van der Waals surface area contributed by atoms with Crippen LogP contribution in [-0.4, -0.2) is 25.7 Å². The molecule has 8 heteroatoms. The van der Waals surface area contributed by atoms with E-state index in [2.05, 4.69) is 20.6 Å². The van der Waals surface area contributed by atoms with Crippen LogP contribution in [0.25, 0.3) is 16.3 Å². The minimum Gasteiger partial charge on any atom is -0.301 e. The lowest BCUT2D eigenvalue weighted by molar-refractivity contribution is -0.116. The van der Waals surface area contributed by atoms with Crippen molar-refractivity contribution in [3.63, 3.8) is 0 Å². The molecule has 2 aromatic heterocycles. The van der Waals surface area contributed by atoms with E-state index in [0.29, 0.717) is 33.5 Å². The molecule has 1 aromatic carbocycles. The van der Waals surface area contributed by atoms with Gasteiger partial charge in [0.25, 0.3) is 0 Å². The molecule has 1 amide bonds. The fraction of sp³-hybridized carbons (Fsp3) is 0.286. The number of benzene rings is 1. The molecule has 0 saturated carbocycles. The second kappa shape index (κ2) is 5.80. The summed E-state index contributed by atoms with van der Waals surface area (Å²) in [6.45, 7) is 3.63. The van der Waals surface area contributed by atoms with Crippen molar-refractivity contribution in [2.75, 3.05) is 5.32 Å². The highest BCUT2D eigenvalue weighted by atomic mass is 32.1. The largest absolute Gasteiger partial charge is 0.301 e. The van der Waals surface area contributed by atoms with Crippen molar-refractivity contribution in [1.29, 1.82) is 0 Å². The van der Waals surface area contributed by atoms with Crippen molar-refractivity contribution in [3.8, 4) is 11.4 Å². The van der Waals surface area contributed by atoms with Gasteiger partial charge in [0.05, 0.1) is 0 Å². The lowest BCUT2D eigenvalue weighted by atomic mass is 10.1. The molecule has 0 saturated heterocycles. The number of nitrogens with one attached hydrogen (secondary N) is 1. The van der Waals surface area contributed by atoms with Crippen LogP contribution in [0.1, 0.15) is 25.3 Å². The number of amides is 1. The van der Waals surface area contributed by atoms with E-state index < -0.39 is 0 Å². The fourth-order valence-corrected chi connectivity index (χ4v) is 2.74. The third kappa shape index (κ3) is 2.69. The average Bonchev–Trinajstić information content (AvgIpc) is 3.02. The molecular weight excluding hydrogens is 305 g/mol. The first-order valence-electron chi connectivity index (χ1n) is 6.87. The molecule has 2 heterocycles. The lowest BCUT2D eigenvalue weighted by Gasteiger charge is -2.00. The molecule has 6 nitrogen and oxygen atoms in total. The first kappa shape index (κ1) is 14.6. The predicted molar refractivity (Wildman–Crippen MR) is 82.3 cm³/mol. The molecule has 0 radical (unpaired) electrons. The van der Waals surface area contributed by atoms with Gasteiger partial charge < -0.3 is 5.32 Å². The van der Waals surface area contributed by atoms with Gasteiger partial charge in [-0.25, -0.2) is 4.39 Å². The number of halogens is 1. The van der Waals surface area contributed by atoms with Crippen LogP contribution in [0.5, 0.6) is 0 Å². The van der Waals surface area contributed by atoms with Gasteiger partial charge in [-0.2, -0.15) is 4.52 Å². The molecular formula is C14H14FN5OS. The Bertz CT molecular complexity index is 841. The Labute approximate surface area is 130 Å². The van der Waals surface area contributed by atoms with Crippen molar-refractivity contribution < 1.29 is 9.18 Å². The normalized spacial score (nSPS) is 11.0. The molecule has 1 N–H and O–H groups in total. The van der Waals surface area contributed by atoms with Gasteiger partial charge >= 0.3 is 0 Å². The lowest BCUT2D eigenvalue weighted by Crippen LogP contribution is -2.10. The minimum atomic E-state index is -0.305. The van der Waals surface area contributed by atoms with Crippen molar-refractivity contribution in [2.24, 2.45) is 0 Å². The number of fused-ring (bicyclic) bond motifs is 1. The van der Waals surface area contributed by atoms with E-state index in [-0.39, 0.29) is 11.7 Å². The zero-order chi connectivity index (χ0) is 15.7. The predicted octanol–water partition coefficient (Wildman–Crippen LogP) is 3.04. The van der Waals surface area contributed by atoms with Crippen molar-refractivity contribution in [3.05, 3.63) is 29.6 Å². The molecule has 0 spiro atoms. The number of carbonyl (C=O) groups excluding carboxylic acids is 1. The van der Waals surface area contributed by atoms with Crippen molar-refractivity contribution in [1.82, 2.24) is 19.8 Å². The molecule has 0 aliphatic carbocycles. The Balaban J connectivity index is 1.95. The summed E-state index contributed by atoms with van der Waals surface area (Å²) in [5.41, 5.74) is 1.16. The molecule has 22 heavy (non-hydrogen) atoms. The standard InChI is InChI=1S/C14H14FN5OS/c1-3-4-11(21)16-13-19-20-12(17-18-14(20)22-13)9-6-5-8(2)10(15)7-9/h5-7H,3-4H2,1-2H3,(H,16,19,21). The number of hydrogen-bond donors (Lipinski definition) is 1. The maximum absolute atomic E-state index is 13.7. The van der Waals surface area contributed by atoms with E-state index in [1.165, 1.54) is 21.9 Å². The fourth-order valence-electron chi connectivity index (χ4n) is 1.99. The minimum absolute atomic E-state index is 0.0876. The summed E-state index contributed by atoms with van der Waals surface area (Å²) in [5.74, 6) is 0.0532. The van der Waals surface area contributed by atoms with Crippen molar-refractivity contribution >= 4 is 27.3 Å². The number of aromatic nitrogens is 4. The van der Waals surface area contributed by atoms with Crippen LogP contribution in [0.3, 0.4) is 0 Å². The van der Waals surface area contributed by atoms with Gasteiger partial charge in [-0.15, -0.1) is 15.3 Å². The Morgan fingerprint density at radius 2 is 2.23 bits per heavy atom. The highest BCUT2D eigenvalue weighted by Crippen LogP contribution is 2.25. The van der Waals surface area contributed by atoms with Gasteiger partial charge in [-0.05, 0) is 25.0 Å². The van der Waals surface area contributed by atoms with Gasteiger partial charge in [0.2, 0.25) is 16.0 Å². The topological polar surface area (TPSA) is 72.2 Å². The second-order valence-electron chi connectivity index (χ2n) is 4.89. The zero-order valence-electron chi connectivity index (χ0n) is 12.1. The Morgan fingerprint density at radius 3 is 2.95 bits per heavy atom. The van der Waals surface area contributed by atoms with E-state index in [0.717, 1.165) is 6.42 Å². The van der Waals surface area contributed by atoms with Crippen LogP contribution in [-0.2, 0) is 4.79 Å². The molecule has 0 fully saturated rings. The number of hydrogen-bond acceptors (Lipinski definition) is 5. The maximum Gasteiger partial charge on any atom is 0.236 e. The van der Waals surface area contributed by atoms with E-state index in [1.807, 2.05) is 6.92 Å². The summed E-state index contributed by atoms with van der Waals surface area (Å²) < 4.78 is 15.2. The molecule has 0 aliphatic heterocycles. The monoisotopic (exact) mass is 319 g/mol. The van der Waals surface area contributed by atoms with Gasteiger partial charge in [-0.1, -0.05) is 30.4 Å². The highest BCUT2D eigenvalue weighted by molar-refractivity contribution is 7.20. The van der Waals surface area contributed by atoms with Gasteiger partial charge in [0, 0.05) is 12.0 Å². The van der Waals surface area contributed by atoms with Gasteiger partial charge in [-0.3, -0.25) is 4.79 Å². The molecule has 0 bridgehead atoms. The summed E-state index contributed by atoms with van der Waals surface area (Å²) in [6.07, 6.45) is 1.21. The summed E-state index contributed by atoms with van der Waals surface area (Å²) >= 11 is 1.23. The van der Waals surface area contributed by atoms with Crippen LogP contribution in [0, 0.1) is 12.7 Å². The third-order valence-corrected chi connectivity index (χ3v) is 3.96. The van der Waals surface area contributed by atoms with Crippen molar-refractivity contribution in [2.45, 2.75) is 26.7 Å². The molecule has 3 rings (SSSR count). The third-order valence-electron chi connectivity index (χ3n) is 3.14. The summed E-state index contributed by atoms with van der Waals surface area (Å²) in [5, 5.41) is 15.5. The summed E-state index contributed by atoms with van der Waals surface area (Å²) in [7, 11) is 0. The SMILES string of the molecule is CCCC(=O)Nc1nn2c(-c3ccc(C)c(F)c3)nnc2s1. The molecule has 3 aromatic rings. The number of aryl methyl sites for hydroxylation is 1. The van der Waals surface area contributed by atoms with Gasteiger partial charge in [0.15, 0.2) is 5.82 Å². The number of carbonyl (C=O) groups is 1. The Hall–Kier alpha value is -2.35. The van der Waals surface area contributed by atoms with Crippen LogP contribution in [0.2, 0.25) is 0 Å². The van der Waals surface area contributed by atoms with E-state index in [9.17, 15) is 9.18 Å². The molecule has 114 valence electrons. The van der Waals surface area contributed by atoms with E-state index in [4.69, 9.17) is 0 Å². The van der Waals surface area contributed by atoms with Crippen LogP contribution >= 0.6 is 11.3 Å². The van der Waals surface area contributed by atoms with Gasteiger partial charge in [0.1, 0.15) is 5.82 Å². The van der Waals surface area contributed by atoms with Crippen LogP contribution < -0.4 is 5.32 Å². The zero-order valence-corrected chi connectivity index (χ0v) is 12.9. The summed E-state index contributed by atoms with van der Waals surface area (Å²) in [4.78, 5) is 12.2. The average molecular weight is 319 g/mol. The molecule has 0 unspecified atom stereocenters. The number of anilines is 1. The highest BCUT2D eigenvalue weighted by Gasteiger charge is 2.15.